The van der Waals surface area contributed by atoms with Crippen molar-refractivity contribution in [3.63, 3.8) is 0 Å². The zero-order valence-corrected chi connectivity index (χ0v) is 10.4. The number of imidazole rings is 2. The van der Waals surface area contributed by atoms with Crippen molar-refractivity contribution in [1.29, 1.82) is 0 Å². The van der Waals surface area contributed by atoms with E-state index in [4.69, 9.17) is 0 Å². The molecule has 3 aromatic rings. The summed E-state index contributed by atoms with van der Waals surface area (Å²) in [4.78, 5) is 25.2. The largest absolute Gasteiger partial charge is 0.347 e. The number of rotatable bonds is 3. The minimum absolute atomic E-state index is 0.125. The lowest BCUT2D eigenvalue weighted by Gasteiger charge is -2.13. The molecule has 19 heavy (non-hydrogen) atoms. The van der Waals surface area contributed by atoms with Crippen molar-refractivity contribution < 1.29 is 4.79 Å². The van der Waals surface area contributed by atoms with Crippen LogP contribution in [0.4, 0.5) is 0 Å². The molecule has 0 unspecified atom stereocenters. The Morgan fingerprint density at radius 1 is 1.47 bits per heavy atom. The third kappa shape index (κ3) is 2.20. The van der Waals surface area contributed by atoms with E-state index in [9.17, 15) is 4.79 Å². The van der Waals surface area contributed by atoms with Crippen molar-refractivity contribution in [2.45, 2.75) is 6.54 Å². The van der Waals surface area contributed by atoms with Crippen molar-refractivity contribution in [2.24, 2.45) is 0 Å². The van der Waals surface area contributed by atoms with Gasteiger partial charge in [0.15, 0.2) is 0 Å². The smallest absolute Gasteiger partial charge is 0.274 e. The Balaban J connectivity index is 1.82. The van der Waals surface area contributed by atoms with E-state index in [2.05, 4.69) is 15.0 Å². The summed E-state index contributed by atoms with van der Waals surface area (Å²) in [5, 5.41) is 0. The molecule has 96 valence electrons. The molecule has 0 bridgehead atoms. The fourth-order valence-corrected chi connectivity index (χ4v) is 1.91. The van der Waals surface area contributed by atoms with Crippen LogP contribution in [0.1, 0.15) is 16.3 Å². The molecular formula is C13H13N5O. The Labute approximate surface area is 109 Å². The molecule has 6 heteroatoms. The monoisotopic (exact) mass is 255 g/mol. The number of amides is 1. The average molecular weight is 255 g/mol. The van der Waals surface area contributed by atoms with Crippen molar-refractivity contribution in [3.05, 3.63) is 54.5 Å². The number of aromatic nitrogens is 4. The van der Waals surface area contributed by atoms with Crippen molar-refractivity contribution in [1.82, 2.24) is 24.3 Å². The van der Waals surface area contributed by atoms with Gasteiger partial charge in [0.1, 0.15) is 17.2 Å². The zero-order valence-electron chi connectivity index (χ0n) is 10.4. The van der Waals surface area contributed by atoms with Crippen LogP contribution < -0.4 is 0 Å². The number of pyridine rings is 1. The van der Waals surface area contributed by atoms with Crippen LogP contribution in [-0.4, -0.2) is 37.2 Å². The predicted molar refractivity (Wildman–Crippen MR) is 69.6 cm³/mol. The van der Waals surface area contributed by atoms with E-state index in [1.807, 2.05) is 28.8 Å². The highest BCUT2D eigenvalue weighted by Crippen LogP contribution is 2.08. The highest BCUT2D eigenvalue weighted by molar-refractivity contribution is 5.92. The SMILES string of the molecule is CN(Cc1ncc[nH]1)C(=O)c1cn2ccccc2n1. The number of fused-ring (bicyclic) bond motifs is 1. The Morgan fingerprint density at radius 3 is 3.11 bits per heavy atom. The van der Waals surface area contributed by atoms with Crippen LogP contribution in [0.2, 0.25) is 0 Å². The quantitative estimate of drug-likeness (QED) is 0.767. The van der Waals surface area contributed by atoms with Crippen molar-refractivity contribution >= 4 is 11.6 Å². The molecule has 0 atom stereocenters. The van der Waals surface area contributed by atoms with Gasteiger partial charge in [-0.2, -0.15) is 0 Å². The number of carbonyl (C=O) groups excluding carboxylic acids is 1. The molecule has 3 aromatic heterocycles. The molecule has 1 N–H and O–H groups in total. The van der Waals surface area contributed by atoms with Crippen molar-refractivity contribution in [2.75, 3.05) is 7.05 Å². The normalized spacial score (nSPS) is 10.8. The lowest BCUT2D eigenvalue weighted by atomic mass is 10.4. The second kappa shape index (κ2) is 4.56. The van der Waals surface area contributed by atoms with E-state index in [0.29, 0.717) is 12.2 Å². The van der Waals surface area contributed by atoms with E-state index in [1.54, 1.807) is 30.5 Å². The zero-order chi connectivity index (χ0) is 13.2. The number of aromatic amines is 1. The summed E-state index contributed by atoms with van der Waals surface area (Å²) in [5.41, 5.74) is 1.19. The Hall–Kier alpha value is -2.63. The Kier molecular flexibility index (Phi) is 2.75. The molecule has 0 aliphatic heterocycles. The molecule has 3 rings (SSSR count). The Bertz CT molecular complexity index is 668. The molecule has 6 nitrogen and oxygen atoms in total. The molecule has 0 spiro atoms. The van der Waals surface area contributed by atoms with Gasteiger partial charge in [0.2, 0.25) is 0 Å². The van der Waals surface area contributed by atoms with Crippen LogP contribution in [0.5, 0.6) is 0 Å². The maximum absolute atomic E-state index is 12.2. The maximum Gasteiger partial charge on any atom is 0.274 e. The molecule has 0 saturated carbocycles. The average Bonchev–Trinajstić information content (AvgIpc) is 3.05. The van der Waals surface area contributed by atoms with Gasteiger partial charge in [0.05, 0.1) is 6.54 Å². The second-order valence-electron chi connectivity index (χ2n) is 4.29. The highest BCUT2D eigenvalue weighted by Gasteiger charge is 2.16. The molecular weight excluding hydrogens is 242 g/mol. The fourth-order valence-electron chi connectivity index (χ4n) is 1.91. The van der Waals surface area contributed by atoms with Crippen LogP contribution in [0.15, 0.2) is 43.0 Å². The minimum Gasteiger partial charge on any atom is -0.347 e. The number of nitrogens with one attached hydrogen (secondary N) is 1. The lowest BCUT2D eigenvalue weighted by Crippen LogP contribution is -2.27. The molecule has 0 saturated heterocycles. The first-order valence-corrected chi connectivity index (χ1v) is 5.91. The van der Waals surface area contributed by atoms with E-state index < -0.39 is 0 Å². The molecule has 0 fully saturated rings. The number of H-pyrrole nitrogens is 1. The predicted octanol–water partition coefficient (Wildman–Crippen LogP) is 1.33. The number of hydrogen-bond acceptors (Lipinski definition) is 3. The van der Waals surface area contributed by atoms with Gasteiger partial charge in [-0.1, -0.05) is 6.07 Å². The van der Waals surface area contributed by atoms with Gasteiger partial charge in [-0.3, -0.25) is 4.79 Å². The summed E-state index contributed by atoms with van der Waals surface area (Å²) in [6.07, 6.45) is 7.00. The first kappa shape index (κ1) is 11.5. The van der Waals surface area contributed by atoms with Gasteiger partial charge in [0.25, 0.3) is 5.91 Å². The first-order valence-electron chi connectivity index (χ1n) is 5.91. The molecule has 0 radical (unpaired) electrons. The summed E-state index contributed by atoms with van der Waals surface area (Å²) >= 11 is 0. The summed E-state index contributed by atoms with van der Waals surface area (Å²) in [6, 6.07) is 5.65. The van der Waals surface area contributed by atoms with E-state index in [0.717, 1.165) is 11.5 Å². The first-order chi connectivity index (χ1) is 9.24. The molecule has 0 aliphatic rings. The van der Waals surface area contributed by atoms with Crippen LogP contribution >= 0.6 is 0 Å². The number of nitrogens with zero attached hydrogens (tertiary/aromatic N) is 4. The van der Waals surface area contributed by atoms with Gasteiger partial charge < -0.3 is 14.3 Å². The topological polar surface area (TPSA) is 66.3 Å². The van der Waals surface area contributed by atoms with Crippen molar-refractivity contribution in [3.8, 4) is 0 Å². The molecule has 3 heterocycles. The fraction of sp³-hybridized carbons (Fsp3) is 0.154. The van der Waals surface area contributed by atoms with Gasteiger partial charge in [0, 0.05) is 31.8 Å². The van der Waals surface area contributed by atoms with E-state index in [1.165, 1.54) is 0 Å². The third-order valence-electron chi connectivity index (χ3n) is 2.87. The summed E-state index contributed by atoms with van der Waals surface area (Å²) < 4.78 is 1.83. The second-order valence-corrected chi connectivity index (χ2v) is 4.29. The summed E-state index contributed by atoms with van der Waals surface area (Å²) in [5.74, 6) is 0.625. The van der Waals surface area contributed by atoms with Gasteiger partial charge in [-0.25, -0.2) is 9.97 Å². The summed E-state index contributed by atoms with van der Waals surface area (Å²) in [6.45, 7) is 0.430. The van der Waals surface area contributed by atoms with Crippen LogP contribution in [0.3, 0.4) is 0 Å². The van der Waals surface area contributed by atoms with Crippen LogP contribution in [-0.2, 0) is 6.54 Å². The number of hydrogen-bond donors (Lipinski definition) is 1. The van der Waals surface area contributed by atoms with E-state index >= 15 is 0 Å². The summed E-state index contributed by atoms with van der Waals surface area (Å²) in [7, 11) is 1.73. The van der Waals surface area contributed by atoms with Crippen LogP contribution in [0.25, 0.3) is 5.65 Å². The van der Waals surface area contributed by atoms with Gasteiger partial charge in [-0.15, -0.1) is 0 Å². The molecule has 0 aromatic carbocycles. The lowest BCUT2D eigenvalue weighted by molar-refractivity contribution is 0.0777. The Morgan fingerprint density at radius 2 is 2.37 bits per heavy atom. The van der Waals surface area contributed by atoms with Crippen LogP contribution in [0, 0.1) is 0 Å². The highest BCUT2D eigenvalue weighted by atomic mass is 16.2. The molecule has 1 amide bonds. The van der Waals surface area contributed by atoms with E-state index in [-0.39, 0.29) is 5.91 Å². The third-order valence-corrected chi connectivity index (χ3v) is 2.87. The number of carbonyl (C=O) groups is 1. The standard InChI is InChI=1S/C13H13N5O/c1-17(9-11-14-5-6-15-11)13(19)10-8-18-7-3-2-4-12(18)16-10/h2-8H,9H2,1H3,(H,14,15). The van der Waals surface area contributed by atoms with Gasteiger partial charge >= 0.3 is 0 Å². The minimum atomic E-state index is -0.125. The molecule has 0 aliphatic carbocycles. The van der Waals surface area contributed by atoms with Gasteiger partial charge in [-0.05, 0) is 12.1 Å². The maximum atomic E-state index is 12.2.